The molecular formula is C12H14O. The van der Waals surface area contributed by atoms with Crippen molar-refractivity contribution in [1.29, 1.82) is 0 Å². The molecule has 0 bridgehead atoms. The number of hydrogen-bond donors (Lipinski definition) is 0. The van der Waals surface area contributed by atoms with Gasteiger partial charge in [-0.3, -0.25) is 4.79 Å². The van der Waals surface area contributed by atoms with Gasteiger partial charge in [0, 0.05) is 6.42 Å². The number of hydrogen-bond acceptors (Lipinski definition) is 1. The summed E-state index contributed by atoms with van der Waals surface area (Å²) in [5, 5.41) is 0. The number of Topliss-reactive ketones (excluding diaryl/α,β-unsaturated/α-hetero) is 1. The van der Waals surface area contributed by atoms with Gasteiger partial charge in [0.1, 0.15) is 0 Å². The normalized spacial score (nSPS) is 9.69. The Hall–Kier alpha value is -1.37. The molecule has 0 N–H and O–H groups in total. The fraction of sp³-hybridized carbons (Fsp3) is 0.250. The lowest BCUT2D eigenvalue weighted by Crippen LogP contribution is -2.04. The number of carbonyl (C=O) groups excluding carboxylic acids is 1. The monoisotopic (exact) mass is 174 g/mol. The summed E-state index contributed by atoms with van der Waals surface area (Å²) in [4.78, 5) is 11.4. The van der Waals surface area contributed by atoms with E-state index < -0.39 is 0 Å². The molecule has 0 radical (unpaired) electrons. The molecule has 13 heavy (non-hydrogen) atoms. The molecule has 0 unspecified atom stereocenters. The van der Waals surface area contributed by atoms with E-state index in [-0.39, 0.29) is 5.78 Å². The van der Waals surface area contributed by atoms with E-state index in [1.807, 2.05) is 31.2 Å². The Bertz CT molecular complexity index is 337. The van der Waals surface area contributed by atoms with Crippen LogP contribution in [0.5, 0.6) is 0 Å². The van der Waals surface area contributed by atoms with Crippen LogP contribution < -0.4 is 0 Å². The minimum Gasteiger partial charge on any atom is -0.294 e. The van der Waals surface area contributed by atoms with E-state index in [9.17, 15) is 4.79 Å². The summed E-state index contributed by atoms with van der Waals surface area (Å²) >= 11 is 0. The number of benzene rings is 1. The van der Waals surface area contributed by atoms with Crippen LogP contribution in [0.2, 0.25) is 0 Å². The molecule has 68 valence electrons. The zero-order valence-corrected chi connectivity index (χ0v) is 8.13. The van der Waals surface area contributed by atoms with Crippen LogP contribution in [0, 0.1) is 6.92 Å². The van der Waals surface area contributed by atoms with Crippen LogP contribution in [0.1, 0.15) is 18.1 Å². The van der Waals surface area contributed by atoms with E-state index in [2.05, 4.69) is 6.58 Å². The highest BCUT2D eigenvalue weighted by Gasteiger charge is 2.05. The van der Waals surface area contributed by atoms with Gasteiger partial charge in [-0.05, 0) is 30.5 Å². The van der Waals surface area contributed by atoms with E-state index in [1.54, 1.807) is 6.92 Å². The van der Waals surface area contributed by atoms with Crippen LogP contribution in [-0.4, -0.2) is 5.78 Å². The standard InChI is InChI=1S/C12H14O/c1-9(2)12(13)8-11-7-5-4-6-10(11)3/h4-7H,1,8H2,2-3H3. The van der Waals surface area contributed by atoms with Gasteiger partial charge in [0.05, 0.1) is 0 Å². The van der Waals surface area contributed by atoms with Crippen molar-refractivity contribution in [2.45, 2.75) is 20.3 Å². The first kappa shape index (κ1) is 9.72. The summed E-state index contributed by atoms with van der Waals surface area (Å²) in [6, 6.07) is 7.93. The van der Waals surface area contributed by atoms with Crippen molar-refractivity contribution in [3.8, 4) is 0 Å². The number of aryl methyl sites for hydroxylation is 1. The fourth-order valence-corrected chi connectivity index (χ4v) is 1.13. The lowest BCUT2D eigenvalue weighted by molar-refractivity contribution is -0.114. The van der Waals surface area contributed by atoms with Gasteiger partial charge in [0.15, 0.2) is 5.78 Å². The first-order chi connectivity index (χ1) is 6.11. The van der Waals surface area contributed by atoms with Gasteiger partial charge in [-0.15, -0.1) is 0 Å². The van der Waals surface area contributed by atoms with Gasteiger partial charge in [0.25, 0.3) is 0 Å². The highest BCUT2D eigenvalue weighted by atomic mass is 16.1. The molecule has 0 aliphatic rings. The molecule has 0 fully saturated rings. The molecule has 0 aliphatic heterocycles. The zero-order valence-electron chi connectivity index (χ0n) is 8.13. The van der Waals surface area contributed by atoms with Crippen molar-refractivity contribution >= 4 is 5.78 Å². The average Bonchev–Trinajstić information content (AvgIpc) is 2.08. The lowest BCUT2D eigenvalue weighted by Gasteiger charge is -2.03. The van der Waals surface area contributed by atoms with Crippen molar-refractivity contribution < 1.29 is 4.79 Å². The van der Waals surface area contributed by atoms with Gasteiger partial charge < -0.3 is 0 Å². The number of carbonyl (C=O) groups is 1. The Morgan fingerprint density at radius 1 is 1.38 bits per heavy atom. The third-order valence-corrected chi connectivity index (χ3v) is 2.09. The molecule has 0 amide bonds. The summed E-state index contributed by atoms with van der Waals surface area (Å²) in [5.41, 5.74) is 2.89. The molecule has 0 aromatic heterocycles. The Morgan fingerprint density at radius 3 is 2.54 bits per heavy atom. The predicted molar refractivity (Wildman–Crippen MR) is 54.7 cm³/mol. The Labute approximate surface area is 79.1 Å². The van der Waals surface area contributed by atoms with Gasteiger partial charge >= 0.3 is 0 Å². The number of allylic oxidation sites excluding steroid dienone is 1. The van der Waals surface area contributed by atoms with Crippen LogP contribution >= 0.6 is 0 Å². The van der Waals surface area contributed by atoms with E-state index in [0.29, 0.717) is 12.0 Å². The average molecular weight is 174 g/mol. The first-order valence-corrected chi connectivity index (χ1v) is 4.34. The van der Waals surface area contributed by atoms with Crippen molar-refractivity contribution in [1.82, 2.24) is 0 Å². The Morgan fingerprint density at radius 2 is 2.00 bits per heavy atom. The molecule has 0 heterocycles. The molecule has 0 spiro atoms. The topological polar surface area (TPSA) is 17.1 Å². The minimum absolute atomic E-state index is 0.120. The van der Waals surface area contributed by atoms with E-state index >= 15 is 0 Å². The first-order valence-electron chi connectivity index (χ1n) is 4.34. The second kappa shape index (κ2) is 4.04. The predicted octanol–water partition coefficient (Wildman–Crippen LogP) is 2.68. The summed E-state index contributed by atoms with van der Waals surface area (Å²) in [6.07, 6.45) is 0.474. The summed E-state index contributed by atoms with van der Waals surface area (Å²) in [6.45, 7) is 7.40. The zero-order chi connectivity index (χ0) is 9.84. The molecule has 0 saturated heterocycles. The molecule has 0 atom stereocenters. The van der Waals surface area contributed by atoms with E-state index in [1.165, 1.54) is 0 Å². The molecule has 0 saturated carbocycles. The molecular weight excluding hydrogens is 160 g/mol. The van der Waals surface area contributed by atoms with Gasteiger partial charge in [-0.2, -0.15) is 0 Å². The summed E-state index contributed by atoms with van der Waals surface area (Å²) in [7, 11) is 0. The Kier molecular flexibility index (Phi) is 3.02. The van der Waals surface area contributed by atoms with Crippen LogP contribution in [0.15, 0.2) is 36.4 Å². The van der Waals surface area contributed by atoms with Crippen molar-refractivity contribution in [3.05, 3.63) is 47.5 Å². The van der Waals surface area contributed by atoms with Crippen molar-refractivity contribution in [3.63, 3.8) is 0 Å². The minimum atomic E-state index is 0.120. The van der Waals surface area contributed by atoms with Crippen molar-refractivity contribution in [2.75, 3.05) is 0 Å². The maximum absolute atomic E-state index is 11.4. The molecule has 0 aliphatic carbocycles. The second-order valence-corrected chi connectivity index (χ2v) is 3.31. The van der Waals surface area contributed by atoms with E-state index in [4.69, 9.17) is 0 Å². The van der Waals surface area contributed by atoms with Gasteiger partial charge in [-0.25, -0.2) is 0 Å². The van der Waals surface area contributed by atoms with Crippen LogP contribution in [0.4, 0.5) is 0 Å². The molecule has 1 heteroatoms. The molecule has 1 aromatic carbocycles. The van der Waals surface area contributed by atoms with Crippen LogP contribution in [0.25, 0.3) is 0 Å². The second-order valence-electron chi connectivity index (χ2n) is 3.31. The van der Waals surface area contributed by atoms with E-state index in [0.717, 1.165) is 11.1 Å². The summed E-state index contributed by atoms with van der Waals surface area (Å²) < 4.78 is 0. The lowest BCUT2D eigenvalue weighted by atomic mass is 10.0. The third-order valence-electron chi connectivity index (χ3n) is 2.09. The van der Waals surface area contributed by atoms with Gasteiger partial charge in [-0.1, -0.05) is 30.8 Å². The molecule has 1 rings (SSSR count). The fourth-order valence-electron chi connectivity index (χ4n) is 1.13. The van der Waals surface area contributed by atoms with Crippen LogP contribution in [0.3, 0.4) is 0 Å². The SMILES string of the molecule is C=C(C)C(=O)Cc1ccccc1C. The highest BCUT2D eigenvalue weighted by Crippen LogP contribution is 2.09. The number of rotatable bonds is 3. The molecule has 1 aromatic rings. The van der Waals surface area contributed by atoms with Gasteiger partial charge in [0.2, 0.25) is 0 Å². The quantitative estimate of drug-likeness (QED) is 0.644. The largest absolute Gasteiger partial charge is 0.294 e. The third kappa shape index (κ3) is 2.55. The number of ketones is 1. The van der Waals surface area contributed by atoms with Crippen molar-refractivity contribution in [2.24, 2.45) is 0 Å². The maximum atomic E-state index is 11.4. The molecule has 1 nitrogen and oxygen atoms in total. The maximum Gasteiger partial charge on any atom is 0.162 e. The highest BCUT2D eigenvalue weighted by molar-refractivity contribution is 5.95. The summed E-state index contributed by atoms with van der Waals surface area (Å²) in [5.74, 6) is 0.120. The van der Waals surface area contributed by atoms with Crippen LogP contribution in [-0.2, 0) is 11.2 Å². The Balaban J connectivity index is 2.81. The smallest absolute Gasteiger partial charge is 0.162 e.